The average molecular weight is 256 g/mol. The molecule has 1 heterocycles. The van der Waals surface area contributed by atoms with Crippen LogP contribution in [0, 0.1) is 0 Å². The van der Waals surface area contributed by atoms with Gasteiger partial charge in [-0.3, -0.25) is 4.79 Å². The number of hydrogen-bond donors (Lipinski definition) is 1. The van der Waals surface area contributed by atoms with E-state index in [-0.39, 0.29) is 5.91 Å². The second kappa shape index (κ2) is 7.57. The lowest BCUT2D eigenvalue weighted by Gasteiger charge is -2.08. The lowest BCUT2D eigenvalue weighted by Crippen LogP contribution is -2.18. The number of nitrogens with zero attached hydrogens (tertiary/aromatic N) is 1. The van der Waals surface area contributed by atoms with E-state index in [0.29, 0.717) is 11.7 Å². The monoisotopic (exact) mass is 256 g/mol. The van der Waals surface area contributed by atoms with Gasteiger partial charge < -0.3 is 5.32 Å². The summed E-state index contributed by atoms with van der Waals surface area (Å²) in [7, 11) is 5.09. The van der Waals surface area contributed by atoms with Gasteiger partial charge in [-0.1, -0.05) is 23.8 Å². The summed E-state index contributed by atoms with van der Waals surface area (Å²) in [6.07, 6.45) is 3.27. The van der Waals surface area contributed by atoms with Crippen LogP contribution in [0.2, 0.25) is 0 Å². The van der Waals surface area contributed by atoms with Crippen molar-refractivity contribution < 1.29 is 4.79 Å². The minimum atomic E-state index is 0.107. The molecule has 1 rings (SSSR count). The molecule has 1 amide bonds. The Labute approximate surface area is 104 Å². The van der Waals surface area contributed by atoms with Gasteiger partial charge in [0, 0.05) is 24.9 Å². The van der Waals surface area contributed by atoms with Crippen LogP contribution >= 0.6 is 21.6 Å². The first-order valence-electron chi connectivity index (χ1n) is 5.17. The molecule has 1 atom stereocenters. The van der Waals surface area contributed by atoms with Crippen molar-refractivity contribution >= 4 is 27.5 Å². The zero-order chi connectivity index (χ0) is 11.8. The third-order valence-electron chi connectivity index (χ3n) is 1.99. The molecular formula is C11H16N2OS2. The fourth-order valence-electron chi connectivity index (χ4n) is 1.04. The van der Waals surface area contributed by atoms with Crippen molar-refractivity contribution in [2.45, 2.75) is 30.0 Å². The molecule has 0 unspecified atom stereocenters. The van der Waals surface area contributed by atoms with Crippen molar-refractivity contribution in [1.29, 1.82) is 0 Å². The van der Waals surface area contributed by atoms with Crippen LogP contribution in [0.25, 0.3) is 0 Å². The zero-order valence-corrected chi connectivity index (χ0v) is 11.1. The largest absolute Gasteiger partial charge is 0.359 e. The predicted molar refractivity (Wildman–Crippen MR) is 70.4 cm³/mol. The molecule has 0 aromatic carbocycles. The lowest BCUT2D eigenvalue weighted by molar-refractivity contribution is -0.120. The van der Waals surface area contributed by atoms with Crippen LogP contribution in [0.5, 0.6) is 0 Å². The molecule has 0 saturated carbocycles. The Morgan fingerprint density at radius 2 is 2.38 bits per heavy atom. The fourth-order valence-corrected chi connectivity index (χ4v) is 3.12. The molecule has 0 saturated heterocycles. The third kappa shape index (κ3) is 5.42. The first-order valence-corrected chi connectivity index (χ1v) is 7.38. The van der Waals surface area contributed by atoms with Gasteiger partial charge in [0.15, 0.2) is 0 Å². The fraction of sp³-hybridized carbons (Fsp3) is 0.455. The minimum Gasteiger partial charge on any atom is -0.359 e. The van der Waals surface area contributed by atoms with Gasteiger partial charge in [-0.2, -0.15) is 0 Å². The SMILES string of the molecule is CNC(=O)CC[C@@H](C)SSc1ccccn1. The highest BCUT2D eigenvalue weighted by Crippen LogP contribution is 2.34. The normalized spacial score (nSPS) is 12.1. The van der Waals surface area contributed by atoms with Gasteiger partial charge in [0.1, 0.15) is 5.03 Å². The quantitative estimate of drug-likeness (QED) is 0.795. The van der Waals surface area contributed by atoms with Crippen LogP contribution in [-0.4, -0.2) is 23.2 Å². The zero-order valence-electron chi connectivity index (χ0n) is 9.47. The summed E-state index contributed by atoms with van der Waals surface area (Å²) in [5.41, 5.74) is 0. The van der Waals surface area contributed by atoms with Crippen molar-refractivity contribution in [2.24, 2.45) is 0 Å². The van der Waals surface area contributed by atoms with Crippen molar-refractivity contribution in [2.75, 3.05) is 7.05 Å². The highest BCUT2D eigenvalue weighted by atomic mass is 33.1. The summed E-state index contributed by atoms with van der Waals surface area (Å²) in [5.74, 6) is 0.107. The van der Waals surface area contributed by atoms with Gasteiger partial charge in [-0.15, -0.1) is 0 Å². The predicted octanol–water partition coefficient (Wildman–Crippen LogP) is 2.74. The smallest absolute Gasteiger partial charge is 0.219 e. The summed E-state index contributed by atoms with van der Waals surface area (Å²) in [4.78, 5) is 15.3. The number of nitrogens with one attached hydrogen (secondary N) is 1. The first kappa shape index (κ1) is 13.4. The van der Waals surface area contributed by atoms with E-state index >= 15 is 0 Å². The molecule has 16 heavy (non-hydrogen) atoms. The lowest BCUT2D eigenvalue weighted by atomic mass is 10.2. The molecule has 0 aliphatic carbocycles. The summed E-state index contributed by atoms with van der Waals surface area (Å²) < 4.78 is 0. The van der Waals surface area contributed by atoms with Crippen LogP contribution in [0.15, 0.2) is 29.4 Å². The second-order valence-electron chi connectivity index (χ2n) is 3.37. The maximum Gasteiger partial charge on any atom is 0.219 e. The number of pyridine rings is 1. The molecule has 1 N–H and O–H groups in total. The Morgan fingerprint density at radius 3 is 3.00 bits per heavy atom. The maximum absolute atomic E-state index is 11.1. The van der Waals surface area contributed by atoms with Gasteiger partial charge in [-0.25, -0.2) is 4.98 Å². The number of carbonyl (C=O) groups is 1. The van der Waals surface area contributed by atoms with Crippen molar-refractivity contribution in [3.63, 3.8) is 0 Å². The van der Waals surface area contributed by atoms with Crippen LogP contribution in [-0.2, 0) is 4.79 Å². The van der Waals surface area contributed by atoms with E-state index in [0.717, 1.165) is 11.4 Å². The van der Waals surface area contributed by atoms with Crippen molar-refractivity contribution in [3.8, 4) is 0 Å². The van der Waals surface area contributed by atoms with E-state index < -0.39 is 0 Å². The number of rotatable bonds is 6. The van der Waals surface area contributed by atoms with Gasteiger partial charge in [0.25, 0.3) is 0 Å². The van der Waals surface area contributed by atoms with E-state index in [2.05, 4.69) is 17.2 Å². The van der Waals surface area contributed by atoms with Crippen LogP contribution in [0.1, 0.15) is 19.8 Å². The van der Waals surface area contributed by atoms with Crippen molar-refractivity contribution in [1.82, 2.24) is 10.3 Å². The topological polar surface area (TPSA) is 42.0 Å². The summed E-state index contributed by atoms with van der Waals surface area (Å²) in [5, 5.41) is 4.09. The molecule has 1 aromatic rings. The Kier molecular flexibility index (Phi) is 6.33. The van der Waals surface area contributed by atoms with Crippen LogP contribution in [0.3, 0.4) is 0 Å². The average Bonchev–Trinajstić information content (AvgIpc) is 2.34. The standard InChI is InChI=1S/C11H16N2OS2/c1-9(6-7-10(14)12-2)15-16-11-5-3-4-8-13-11/h3-5,8-9H,6-7H2,1-2H3,(H,12,14)/t9-/m1/s1. The van der Waals surface area contributed by atoms with Gasteiger partial charge in [0.05, 0.1) is 0 Å². The molecule has 0 aliphatic rings. The number of carbonyl (C=O) groups excluding carboxylic acids is 1. The van der Waals surface area contributed by atoms with E-state index in [4.69, 9.17) is 0 Å². The molecule has 0 radical (unpaired) electrons. The Bertz CT molecular complexity index is 319. The van der Waals surface area contributed by atoms with E-state index in [9.17, 15) is 4.79 Å². The van der Waals surface area contributed by atoms with E-state index in [1.807, 2.05) is 18.2 Å². The van der Waals surface area contributed by atoms with Crippen LogP contribution in [0.4, 0.5) is 0 Å². The van der Waals surface area contributed by atoms with Crippen LogP contribution < -0.4 is 5.32 Å². The molecule has 0 fully saturated rings. The van der Waals surface area contributed by atoms with Gasteiger partial charge >= 0.3 is 0 Å². The van der Waals surface area contributed by atoms with Crippen molar-refractivity contribution in [3.05, 3.63) is 24.4 Å². The molecule has 3 nitrogen and oxygen atoms in total. The molecule has 5 heteroatoms. The molecule has 0 bridgehead atoms. The molecule has 0 spiro atoms. The number of aromatic nitrogens is 1. The Balaban J connectivity index is 2.20. The second-order valence-corrected chi connectivity index (χ2v) is 6.03. The number of hydrogen-bond acceptors (Lipinski definition) is 4. The summed E-state index contributed by atoms with van der Waals surface area (Å²) >= 11 is 0. The summed E-state index contributed by atoms with van der Waals surface area (Å²) in [6.45, 7) is 2.13. The molecule has 1 aromatic heterocycles. The van der Waals surface area contributed by atoms with E-state index in [1.54, 1.807) is 34.8 Å². The van der Waals surface area contributed by atoms with E-state index in [1.165, 1.54) is 0 Å². The maximum atomic E-state index is 11.1. The Morgan fingerprint density at radius 1 is 1.56 bits per heavy atom. The molecule has 0 aliphatic heterocycles. The minimum absolute atomic E-state index is 0.107. The molecular weight excluding hydrogens is 240 g/mol. The molecule has 88 valence electrons. The first-order chi connectivity index (χ1) is 7.72. The van der Waals surface area contributed by atoms with Gasteiger partial charge in [-0.05, 0) is 29.3 Å². The van der Waals surface area contributed by atoms with Gasteiger partial charge in [0.2, 0.25) is 5.91 Å². The highest BCUT2D eigenvalue weighted by molar-refractivity contribution is 8.76. The number of amides is 1. The summed E-state index contributed by atoms with van der Waals surface area (Å²) in [6, 6.07) is 5.87. The Hall–Kier alpha value is -0.680. The highest BCUT2D eigenvalue weighted by Gasteiger charge is 2.07. The third-order valence-corrected chi connectivity index (χ3v) is 4.85.